The molecule has 0 aliphatic carbocycles. The number of anilines is 1. The first-order valence-corrected chi connectivity index (χ1v) is 5.70. The van der Waals surface area contributed by atoms with Crippen molar-refractivity contribution < 1.29 is 19.7 Å². The fourth-order valence-corrected chi connectivity index (χ4v) is 1.64. The molecule has 0 radical (unpaired) electrons. The number of hydrogen-bond donors (Lipinski definition) is 3. The van der Waals surface area contributed by atoms with Crippen LogP contribution >= 0.6 is 0 Å². The van der Waals surface area contributed by atoms with Crippen LogP contribution in [0, 0.1) is 13.8 Å². The van der Waals surface area contributed by atoms with Gasteiger partial charge in [0.1, 0.15) is 11.4 Å². The van der Waals surface area contributed by atoms with Gasteiger partial charge in [0.05, 0.1) is 19.8 Å². The molecule has 6 nitrogen and oxygen atoms in total. The normalized spacial score (nSPS) is 10.4. The summed E-state index contributed by atoms with van der Waals surface area (Å²) in [6.45, 7) is 4.62. The van der Waals surface area contributed by atoms with E-state index in [4.69, 9.17) is 14.9 Å². The molecule has 0 saturated carbocycles. The van der Waals surface area contributed by atoms with Crippen molar-refractivity contribution in [3.63, 3.8) is 0 Å². The zero-order valence-electron chi connectivity index (χ0n) is 10.6. The minimum Gasteiger partial charge on any atom is -0.478 e. The van der Waals surface area contributed by atoms with Crippen molar-refractivity contribution in [2.24, 2.45) is 0 Å². The van der Waals surface area contributed by atoms with Crippen LogP contribution < -0.4 is 5.32 Å². The molecular weight excluding hydrogens is 236 g/mol. The summed E-state index contributed by atoms with van der Waals surface area (Å²) in [5.74, 6) is -0.647. The van der Waals surface area contributed by atoms with Crippen molar-refractivity contribution in [3.05, 3.63) is 22.9 Å². The largest absolute Gasteiger partial charge is 0.478 e. The fraction of sp³-hybridized carbons (Fsp3) is 0.500. The summed E-state index contributed by atoms with van der Waals surface area (Å²) < 4.78 is 5.08. The van der Waals surface area contributed by atoms with Crippen molar-refractivity contribution in [2.75, 3.05) is 31.7 Å². The molecule has 0 amide bonds. The van der Waals surface area contributed by atoms with E-state index in [9.17, 15) is 4.79 Å². The molecule has 0 aromatic carbocycles. The summed E-state index contributed by atoms with van der Waals surface area (Å²) in [5, 5.41) is 20.6. The third-order valence-corrected chi connectivity index (χ3v) is 2.33. The van der Waals surface area contributed by atoms with E-state index in [1.54, 1.807) is 13.0 Å². The molecule has 100 valence electrons. The van der Waals surface area contributed by atoms with E-state index in [1.165, 1.54) is 0 Å². The smallest absolute Gasteiger partial charge is 0.339 e. The van der Waals surface area contributed by atoms with Gasteiger partial charge in [-0.05, 0) is 25.5 Å². The topological polar surface area (TPSA) is 91.7 Å². The molecule has 0 aliphatic rings. The van der Waals surface area contributed by atoms with Gasteiger partial charge >= 0.3 is 5.97 Å². The van der Waals surface area contributed by atoms with Gasteiger partial charge in [-0.25, -0.2) is 9.78 Å². The lowest BCUT2D eigenvalue weighted by molar-refractivity contribution is 0.0696. The summed E-state index contributed by atoms with van der Waals surface area (Å²) >= 11 is 0. The third kappa shape index (κ3) is 3.97. The fourth-order valence-electron chi connectivity index (χ4n) is 1.64. The Morgan fingerprint density at radius 2 is 2.17 bits per heavy atom. The van der Waals surface area contributed by atoms with Crippen molar-refractivity contribution >= 4 is 11.8 Å². The third-order valence-electron chi connectivity index (χ3n) is 2.33. The van der Waals surface area contributed by atoms with Gasteiger partial charge < -0.3 is 20.3 Å². The van der Waals surface area contributed by atoms with Crippen LogP contribution in [0.4, 0.5) is 5.82 Å². The molecule has 0 spiro atoms. The highest BCUT2D eigenvalue weighted by Crippen LogP contribution is 2.18. The molecular formula is C12H18N2O4. The standard InChI is InChI=1S/C12H18N2O4/c1-8-7-9(2)14-11(10(8)12(16)17)13-3-5-18-6-4-15/h7,15H,3-6H2,1-2H3,(H,13,14)(H,16,17). The highest BCUT2D eigenvalue weighted by atomic mass is 16.5. The van der Waals surface area contributed by atoms with Crippen LogP contribution in [-0.2, 0) is 4.74 Å². The highest BCUT2D eigenvalue weighted by Gasteiger charge is 2.15. The van der Waals surface area contributed by atoms with E-state index >= 15 is 0 Å². The maximum Gasteiger partial charge on any atom is 0.339 e. The van der Waals surface area contributed by atoms with Gasteiger partial charge in [0, 0.05) is 12.2 Å². The van der Waals surface area contributed by atoms with Crippen LogP contribution in [0.3, 0.4) is 0 Å². The number of carboxylic acid groups (broad SMARTS) is 1. The number of carboxylic acids is 1. The zero-order valence-corrected chi connectivity index (χ0v) is 10.6. The van der Waals surface area contributed by atoms with Crippen LogP contribution in [0.1, 0.15) is 21.6 Å². The van der Waals surface area contributed by atoms with Gasteiger partial charge in [-0.1, -0.05) is 0 Å². The minimum atomic E-state index is -1.00. The summed E-state index contributed by atoms with van der Waals surface area (Å²) in [7, 11) is 0. The van der Waals surface area contributed by atoms with E-state index in [-0.39, 0.29) is 18.8 Å². The Bertz CT molecular complexity index is 421. The maximum absolute atomic E-state index is 11.1. The molecule has 1 rings (SSSR count). The summed E-state index contributed by atoms with van der Waals surface area (Å²) in [6.07, 6.45) is 0. The Morgan fingerprint density at radius 3 is 2.78 bits per heavy atom. The first kappa shape index (κ1) is 14.4. The lowest BCUT2D eigenvalue weighted by Gasteiger charge is -2.11. The van der Waals surface area contributed by atoms with Crippen LogP contribution in [-0.4, -0.2) is 47.5 Å². The number of aryl methyl sites for hydroxylation is 2. The number of rotatable bonds is 7. The average Bonchev–Trinajstić information content (AvgIpc) is 2.27. The second-order valence-electron chi connectivity index (χ2n) is 3.87. The van der Waals surface area contributed by atoms with Crippen molar-refractivity contribution in [1.29, 1.82) is 0 Å². The second kappa shape index (κ2) is 6.93. The number of ether oxygens (including phenoxy) is 1. The number of carbonyl (C=O) groups is 1. The molecule has 0 unspecified atom stereocenters. The molecule has 18 heavy (non-hydrogen) atoms. The first-order valence-electron chi connectivity index (χ1n) is 5.70. The van der Waals surface area contributed by atoms with E-state index < -0.39 is 5.97 Å². The number of aliphatic hydroxyl groups excluding tert-OH is 1. The number of nitrogens with one attached hydrogen (secondary N) is 1. The number of hydrogen-bond acceptors (Lipinski definition) is 5. The summed E-state index contributed by atoms with van der Waals surface area (Å²) in [6, 6.07) is 1.73. The molecule has 0 bridgehead atoms. The Balaban J connectivity index is 2.71. The van der Waals surface area contributed by atoms with Gasteiger partial charge in [0.25, 0.3) is 0 Å². The minimum absolute atomic E-state index is 0.0256. The van der Waals surface area contributed by atoms with Crippen LogP contribution in [0.15, 0.2) is 6.07 Å². The summed E-state index contributed by atoms with van der Waals surface area (Å²) in [5.41, 5.74) is 1.62. The monoisotopic (exact) mass is 254 g/mol. The molecule has 1 aromatic heterocycles. The number of pyridine rings is 1. The molecule has 0 saturated heterocycles. The Kier molecular flexibility index (Phi) is 5.54. The van der Waals surface area contributed by atoms with Crippen molar-refractivity contribution in [3.8, 4) is 0 Å². The van der Waals surface area contributed by atoms with Crippen molar-refractivity contribution in [1.82, 2.24) is 4.98 Å². The molecule has 3 N–H and O–H groups in total. The van der Waals surface area contributed by atoms with E-state index in [1.807, 2.05) is 6.92 Å². The first-order chi connectivity index (χ1) is 8.56. The average molecular weight is 254 g/mol. The molecule has 0 aliphatic heterocycles. The maximum atomic E-state index is 11.1. The van der Waals surface area contributed by atoms with Crippen LogP contribution in [0.5, 0.6) is 0 Å². The number of aromatic nitrogens is 1. The predicted octanol–water partition coefficient (Wildman–Crippen LogP) is 0.817. The lowest BCUT2D eigenvalue weighted by Crippen LogP contribution is -2.16. The Hall–Kier alpha value is -1.66. The van der Waals surface area contributed by atoms with Gasteiger partial charge in [-0.3, -0.25) is 0 Å². The molecule has 1 heterocycles. The van der Waals surface area contributed by atoms with Gasteiger partial charge in [-0.2, -0.15) is 0 Å². The summed E-state index contributed by atoms with van der Waals surface area (Å²) in [4.78, 5) is 15.3. The van der Waals surface area contributed by atoms with E-state index in [0.717, 1.165) is 5.69 Å². The van der Waals surface area contributed by atoms with Crippen LogP contribution in [0.2, 0.25) is 0 Å². The Labute approximate surface area is 106 Å². The van der Waals surface area contributed by atoms with Gasteiger partial charge in [0.15, 0.2) is 0 Å². The van der Waals surface area contributed by atoms with Gasteiger partial charge in [-0.15, -0.1) is 0 Å². The second-order valence-corrected chi connectivity index (χ2v) is 3.87. The Morgan fingerprint density at radius 1 is 1.44 bits per heavy atom. The number of nitrogens with zero attached hydrogens (tertiary/aromatic N) is 1. The highest BCUT2D eigenvalue weighted by molar-refractivity contribution is 5.94. The molecule has 0 fully saturated rings. The van der Waals surface area contributed by atoms with Crippen LogP contribution in [0.25, 0.3) is 0 Å². The van der Waals surface area contributed by atoms with E-state index in [2.05, 4.69) is 10.3 Å². The number of aliphatic hydroxyl groups is 1. The quantitative estimate of drug-likeness (QED) is 0.624. The van der Waals surface area contributed by atoms with Gasteiger partial charge in [0.2, 0.25) is 0 Å². The molecule has 1 aromatic rings. The van der Waals surface area contributed by atoms with E-state index in [0.29, 0.717) is 24.5 Å². The number of aromatic carboxylic acids is 1. The SMILES string of the molecule is Cc1cc(C)c(C(=O)O)c(NCCOCCO)n1. The lowest BCUT2D eigenvalue weighted by atomic mass is 10.1. The molecule has 6 heteroatoms. The molecule has 0 atom stereocenters. The zero-order chi connectivity index (χ0) is 13.5. The predicted molar refractivity (Wildman–Crippen MR) is 67.1 cm³/mol. The van der Waals surface area contributed by atoms with Crippen molar-refractivity contribution in [2.45, 2.75) is 13.8 Å².